The van der Waals surface area contributed by atoms with Gasteiger partial charge in [-0.25, -0.2) is 13.1 Å². The van der Waals surface area contributed by atoms with E-state index in [0.29, 0.717) is 4.47 Å². The van der Waals surface area contributed by atoms with Gasteiger partial charge in [-0.2, -0.15) is 0 Å². The summed E-state index contributed by atoms with van der Waals surface area (Å²) in [4.78, 5) is -0.0455. The monoisotopic (exact) mass is 399 g/mol. The first-order valence-corrected chi connectivity index (χ1v) is 9.45. The maximum absolute atomic E-state index is 12.6. The number of benzene rings is 1. The second-order valence-corrected chi connectivity index (χ2v) is 8.77. The molecule has 0 aromatic heterocycles. The van der Waals surface area contributed by atoms with Crippen molar-refractivity contribution in [1.82, 2.24) is 4.72 Å². The van der Waals surface area contributed by atoms with Crippen molar-refractivity contribution < 1.29 is 8.42 Å². The molecular weight excluding hydrogens is 385 g/mol. The average Bonchev–Trinajstić information content (AvgIpc) is 2.25. The summed E-state index contributed by atoms with van der Waals surface area (Å²) in [7, 11) is -3.73. The zero-order chi connectivity index (χ0) is 15.0. The number of sulfonamides is 1. The van der Waals surface area contributed by atoms with Gasteiger partial charge in [0.2, 0.25) is 10.0 Å². The summed E-state index contributed by atoms with van der Waals surface area (Å²) in [5.41, 5.74) is -0.420. The molecule has 0 bridgehead atoms. The standard InChI is InChI=1S/C13H16BrCl2NO2S/c1-13(5-3-2-4-6-13)17-20(18,19)12-10(15)7-9(14)8-11(12)16/h7-8,17H,2-6H2,1H3. The maximum atomic E-state index is 12.6. The first kappa shape index (κ1) is 16.6. The predicted molar refractivity (Wildman–Crippen MR) is 86.0 cm³/mol. The minimum absolute atomic E-state index is 0.0455. The molecule has 1 aliphatic rings. The molecule has 0 radical (unpaired) electrons. The molecule has 2 rings (SSSR count). The van der Waals surface area contributed by atoms with E-state index in [1.807, 2.05) is 6.92 Å². The van der Waals surface area contributed by atoms with Crippen LogP contribution in [0, 0.1) is 0 Å². The van der Waals surface area contributed by atoms with Crippen molar-refractivity contribution in [1.29, 1.82) is 0 Å². The average molecular weight is 401 g/mol. The Morgan fingerprint density at radius 2 is 1.65 bits per heavy atom. The highest BCUT2D eigenvalue weighted by Crippen LogP contribution is 2.35. The molecule has 0 spiro atoms. The lowest BCUT2D eigenvalue weighted by atomic mass is 9.84. The van der Waals surface area contributed by atoms with Crippen molar-refractivity contribution in [3.8, 4) is 0 Å². The first-order valence-electron chi connectivity index (χ1n) is 6.42. The lowest BCUT2D eigenvalue weighted by Crippen LogP contribution is -2.47. The van der Waals surface area contributed by atoms with Gasteiger partial charge >= 0.3 is 0 Å². The van der Waals surface area contributed by atoms with Crippen molar-refractivity contribution in [3.05, 3.63) is 26.7 Å². The largest absolute Gasteiger partial charge is 0.244 e. The minimum atomic E-state index is -3.73. The van der Waals surface area contributed by atoms with Crippen LogP contribution in [0.1, 0.15) is 39.0 Å². The molecule has 1 fully saturated rings. The molecule has 0 amide bonds. The number of nitrogens with one attached hydrogen (secondary N) is 1. The van der Waals surface area contributed by atoms with Crippen molar-refractivity contribution in [2.24, 2.45) is 0 Å². The van der Waals surface area contributed by atoms with Gasteiger partial charge in [0.05, 0.1) is 10.0 Å². The van der Waals surface area contributed by atoms with Gasteiger partial charge < -0.3 is 0 Å². The highest BCUT2D eigenvalue weighted by Gasteiger charge is 2.34. The predicted octanol–water partition coefficient (Wildman–Crippen LogP) is 4.76. The number of rotatable bonds is 3. The van der Waals surface area contributed by atoms with Gasteiger partial charge in [-0.05, 0) is 31.9 Å². The zero-order valence-electron chi connectivity index (χ0n) is 11.0. The molecule has 0 atom stereocenters. The van der Waals surface area contributed by atoms with E-state index in [4.69, 9.17) is 23.2 Å². The Hall–Kier alpha value is 0.190. The Labute approximate surface area is 138 Å². The minimum Gasteiger partial charge on any atom is -0.207 e. The van der Waals surface area contributed by atoms with Crippen LogP contribution in [0.4, 0.5) is 0 Å². The third kappa shape index (κ3) is 3.69. The molecule has 1 aromatic rings. The Morgan fingerprint density at radius 3 is 2.15 bits per heavy atom. The molecule has 0 heterocycles. The molecule has 0 saturated heterocycles. The van der Waals surface area contributed by atoms with Crippen LogP contribution >= 0.6 is 39.1 Å². The Morgan fingerprint density at radius 1 is 1.15 bits per heavy atom. The summed E-state index contributed by atoms with van der Waals surface area (Å²) in [6.45, 7) is 1.93. The summed E-state index contributed by atoms with van der Waals surface area (Å²) in [5, 5.41) is 0.243. The van der Waals surface area contributed by atoms with Crippen LogP contribution in [0.3, 0.4) is 0 Å². The van der Waals surface area contributed by atoms with Gasteiger partial charge in [-0.3, -0.25) is 0 Å². The number of halogens is 3. The van der Waals surface area contributed by atoms with Crippen LogP contribution < -0.4 is 4.72 Å². The fourth-order valence-corrected chi connectivity index (χ4v) is 6.00. The van der Waals surface area contributed by atoms with E-state index < -0.39 is 15.6 Å². The Kier molecular flexibility index (Phi) is 5.07. The molecule has 20 heavy (non-hydrogen) atoms. The third-order valence-corrected chi connectivity index (χ3v) is 6.59. The summed E-state index contributed by atoms with van der Waals surface area (Å²) in [5.74, 6) is 0. The van der Waals surface area contributed by atoms with E-state index in [2.05, 4.69) is 20.7 Å². The summed E-state index contributed by atoms with van der Waals surface area (Å²) in [6.07, 6.45) is 4.87. The van der Waals surface area contributed by atoms with Crippen LogP contribution in [-0.2, 0) is 10.0 Å². The molecule has 1 N–H and O–H groups in total. The molecule has 112 valence electrons. The number of hydrogen-bond acceptors (Lipinski definition) is 2. The lowest BCUT2D eigenvalue weighted by molar-refractivity contribution is 0.294. The van der Waals surface area contributed by atoms with Crippen molar-refractivity contribution in [2.45, 2.75) is 49.5 Å². The Balaban J connectivity index is 2.36. The van der Waals surface area contributed by atoms with E-state index in [9.17, 15) is 8.42 Å². The van der Waals surface area contributed by atoms with Crippen LogP contribution in [0.5, 0.6) is 0 Å². The van der Waals surface area contributed by atoms with Crippen LogP contribution in [0.25, 0.3) is 0 Å². The normalized spacial score (nSPS) is 19.0. The molecule has 3 nitrogen and oxygen atoms in total. The molecule has 1 aromatic carbocycles. The van der Waals surface area contributed by atoms with Gasteiger partial charge in [-0.1, -0.05) is 58.4 Å². The molecule has 0 aliphatic heterocycles. The summed E-state index contributed by atoms with van der Waals surface area (Å²) >= 11 is 15.3. The SMILES string of the molecule is CC1(NS(=O)(=O)c2c(Cl)cc(Br)cc2Cl)CCCCC1. The molecular formula is C13H16BrCl2NO2S. The fourth-order valence-electron chi connectivity index (χ4n) is 2.60. The van der Waals surface area contributed by atoms with E-state index in [1.165, 1.54) is 12.1 Å². The first-order chi connectivity index (χ1) is 9.23. The van der Waals surface area contributed by atoms with E-state index in [0.717, 1.165) is 32.1 Å². The highest BCUT2D eigenvalue weighted by molar-refractivity contribution is 9.10. The third-order valence-electron chi connectivity index (χ3n) is 3.57. The van der Waals surface area contributed by atoms with E-state index in [1.54, 1.807) is 0 Å². The van der Waals surface area contributed by atoms with E-state index in [-0.39, 0.29) is 14.9 Å². The number of hydrogen-bond donors (Lipinski definition) is 1. The van der Waals surface area contributed by atoms with Crippen LogP contribution in [0.15, 0.2) is 21.5 Å². The highest BCUT2D eigenvalue weighted by atomic mass is 79.9. The summed E-state index contributed by atoms with van der Waals surface area (Å²) in [6, 6.07) is 3.07. The van der Waals surface area contributed by atoms with Crippen LogP contribution in [-0.4, -0.2) is 14.0 Å². The summed E-state index contributed by atoms with van der Waals surface area (Å²) < 4.78 is 28.6. The fraction of sp³-hybridized carbons (Fsp3) is 0.538. The van der Waals surface area contributed by atoms with Crippen molar-refractivity contribution >= 4 is 49.2 Å². The van der Waals surface area contributed by atoms with E-state index >= 15 is 0 Å². The van der Waals surface area contributed by atoms with Gasteiger partial charge in [0.25, 0.3) is 0 Å². The molecule has 1 saturated carbocycles. The van der Waals surface area contributed by atoms with Crippen molar-refractivity contribution in [2.75, 3.05) is 0 Å². The van der Waals surface area contributed by atoms with Crippen LogP contribution in [0.2, 0.25) is 10.0 Å². The molecule has 0 unspecified atom stereocenters. The smallest absolute Gasteiger partial charge is 0.207 e. The van der Waals surface area contributed by atoms with Gasteiger partial charge in [0.1, 0.15) is 4.90 Å². The second kappa shape index (κ2) is 6.13. The van der Waals surface area contributed by atoms with Crippen molar-refractivity contribution in [3.63, 3.8) is 0 Å². The molecule has 1 aliphatic carbocycles. The lowest BCUT2D eigenvalue weighted by Gasteiger charge is -2.34. The van der Waals surface area contributed by atoms with Gasteiger partial charge in [0, 0.05) is 10.0 Å². The Bertz CT molecular complexity index is 590. The van der Waals surface area contributed by atoms with Gasteiger partial charge in [0.15, 0.2) is 0 Å². The zero-order valence-corrected chi connectivity index (χ0v) is 15.0. The molecule has 7 heteroatoms. The topological polar surface area (TPSA) is 46.2 Å². The second-order valence-electron chi connectivity index (χ2n) is 5.43. The van der Waals surface area contributed by atoms with Gasteiger partial charge in [-0.15, -0.1) is 0 Å². The quantitative estimate of drug-likeness (QED) is 0.794. The maximum Gasteiger partial charge on any atom is 0.244 e.